The van der Waals surface area contributed by atoms with Gasteiger partial charge in [0.1, 0.15) is 11.5 Å². The van der Waals surface area contributed by atoms with Gasteiger partial charge in [0.25, 0.3) is 0 Å². The van der Waals surface area contributed by atoms with Gasteiger partial charge in [-0.05, 0) is 29.4 Å². The number of aliphatic carboxylic acids is 1. The summed E-state index contributed by atoms with van der Waals surface area (Å²) in [7, 11) is 0. The molecule has 8 nitrogen and oxygen atoms in total. The van der Waals surface area contributed by atoms with E-state index in [0.717, 1.165) is 11.1 Å². The molecule has 8 heteroatoms. The lowest BCUT2D eigenvalue weighted by molar-refractivity contribution is -0.136. The van der Waals surface area contributed by atoms with E-state index in [2.05, 4.69) is 10.1 Å². The van der Waals surface area contributed by atoms with Crippen molar-refractivity contribution in [3.8, 4) is 0 Å². The number of rotatable bonds is 8. The number of carbonyl (C=O) groups excluding carboxylic acids is 2. The Morgan fingerprint density at radius 2 is 1.46 bits per heavy atom. The van der Waals surface area contributed by atoms with Gasteiger partial charge in [-0.2, -0.15) is 0 Å². The van der Waals surface area contributed by atoms with Crippen LogP contribution in [0, 0.1) is 0 Å². The first-order valence-electron chi connectivity index (χ1n) is 13.2. The monoisotopic (exact) mass is 526 g/mol. The molecule has 39 heavy (non-hydrogen) atoms. The average Bonchev–Trinajstić information content (AvgIpc) is 3.36. The number of carboxylic acids is 1. The summed E-state index contributed by atoms with van der Waals surface area (Å²) in [6, 6.07) is 19.5. The van der Waals surface area contributed by atoms with Crippen molar-refractivity contribution in [2.24, 2.45) is 4.99 Å². The number of aliphatic hydroxyl groups is 1. The van der Waals surface area contributed by atoms with Crippen molar-refractivity contribution in [1.29, 1.82) is 0 Å². The van der Waals surface area contributed by atoms with Gasteiger partial charge in [-0.15, -0.1) is 0 Å². The van der Waals surface area contributed by atoms with Crippen LogP contribution in [-0.2, 0) is 22.4 Å². The molecule has 1 fully saturated rings. The maximum Gasteiger partial charge on any atom is 0.305 e. The van der Waals surface area contributed by atoms with Crippen LogP contribution < -0.4 is 0 Å². The smallest absolute Gasteiger partial charge is 0.305 e. The number of fused-ring (bicyclic) bond motifs is 1. The van der Waals surface area contributed by atoms with Gasteiger partial charge < -0.3 is 14.7 Å². The maximum atomic E-state index is 13.2. The van der Waals surface area contributed by atoms with Gasteiger partial charge in [0.2, 0.25) is 0 Å². The fourth-order valence-electron chi connectivity index (χ4n) is 5.55. The van der Waals surface area contributed by atoms with Crippen LogP contribution in [0.2, 0.25) is 0 Å². The van der Waals surface area contributed by atoms with Crippen LogP contribution in [0.4, 0.5) is 0 Å². The highest BCUT2D eigenvalue weighted by Crippen LogP contribution is 2.36. The molecule has 0 spiro atoms. The van der Waals surface area contributed by atoms with Gasteiger partial charge in [0.05, 0.1) is 23.3 Å². The fourth-order valence-corrected chi connectivity index (χ4v) is 5.55. The second kappa shape index (κ2) is 11.6. The molecule has 3 aromatic rings. The predicted molar refractivity (Wildman–Crippen MR) is 144 cm³/mol. The summed E-state index contributed by atoms with van der Waals surface area (Å²) in [5.41, 5.74) is 3.61. The largest absolute Gasteiger partial charge is 0.511 e. The number of aliphatic imine (C=N–C) groups is 1. The van der Waals surface area contributed by atoms with Crippen molar-refractivity contribution in [1.82, 2.24) is 5.16 Å². The number of nitrogens with zero attached hydrogens (tertiary/aromatic N) is 2. The SMILES string of the molecule is O=C(O)CCN=C1CC(c2ccccc2)CC(=O)/C1=C(\O)CCc1noc2c1C(=O)CC(c1ccccc1)C2. The third-order valence-electron chi connectivity index (χ3n) is 7.47. The summed E-state index contributed by atoms with van der Waals surface area (Å²) in [6.07, 6.45) is 1.73. The molecule has 0 amide bonds. The first-order valence-corrected chi connectivity index (χ1v) is 13.2. The number of ketones is 2. The van der Waals surface area contributed by atoms with Crippen molar-refractivity contribution >= 4 is 23.2 Å². The molecule has 2 aliphatic carbocycles. The van der Waals surface area contributed by atoms with Crippen LogP contribution in [0.3, 0.4) is 0 Å². The molecule has 0 bridgehead atoms. The van der Waals surface area contributed by atoms with Crippen molar-refractivity contribution in [2.45, 2.75) is 56.8 Å². The predicted octanol–water partition coefficient (Wildman–Crippen LogP) is 5.39. The van der Waals surface area contributed by atoms with Crippen molar-refractivity contribution in [3.63, 3.8) is 0 Å². The lowest BCUT2D eigenvalue weighted by Crippen LogP contribution is -2.27. The molecule has 200 valence electrons. The molecule has 2 aliphatic rings. The maximum absolute atomic E-state index is 13.2. The lowest BCUT2D eigenvalue weighted by atomic mass is 9.78. The van der Waals surface area contributed by atoms with Gasteiger partial charge in [0.15, 0.2) is 11.6 Å². The highest BCUT2D eigenvalue weighted by atomic mass is 16.5. The molecule has 1 heterocycles. The van der Waals surface area contributed by atoms with Crippen molar-refractivity contribution in [2.75, 3.05) is 6.54 Å². The zero-order chi connectivity index (χ0) is 27.4. The number of aryl methyl sites for hydroxylation is 1. The normalized spacial score (nSPS) is 21.6. The van der Waals surface area contributed by atoms with Gasteiger partial charge >= 0.3 is 5.97 Å². The summed E-state index contributed by atoms with van der Waals surface area (Å²) in [5, 5.41) is 24.2. The molecular formula is C31H30N2O6. The molecule has 0 aliphatic heterocycles. The lowest BCUT2D eigenvalue weighted by Gasteiger charge is -2.26. The Bertz CT molecular complexity index is 1440. The van der Waals surface area contributed by atoms with Crippen molar-refractivity contribution < 1.29 is 29.1 Å². The van der Waals surface area contributed by atoms with E-state index < -0.39 is 5.97 Å². The number of allylic oxidation sites excluding steroid dienone is 2. The summed E-state index contributed by atoms with van der Waals surface area (Å²) >= 11 is 0. The van der Waals surface area contributed by atoms with E-state index in [0.29, 0.717) is 42.0 Å². The number of aliphatic hydroxyl groups excluding tert-OH is 1. The fraction of sp³-hybridized carbons (Fsp3) is 0.323. The van der Waals surface area contributed by atoms with Gasteiger partial charge in [-0.1, -0.05) is 65.8 Å². The van der Waals surface area contributed by atoms with Crippen LogP contribution in [0.5, 0.6) is 0 Å². The Morgan fingerprint density at radius 1 is 0.846 bits per heavy atom. The molecule has 2 aromatic carbocycles. The molecule has 2 unspecified atom stereocenters. The third kappa shape index (κ3) is 5.90. The zero-order valence-corrected chi connectivity index (χ0v) is 21.5. The number of carbonyl (C=O) groups is 3. The number of Topliss-reactive ketones (excluding diaryl/α,β-unsaturated/α-hetero) is 2. The molecule has 0 saturated heterocycles. The highest BCUT2D eigenvalue weighted by molar-refractivity contribution is 6.24. The van der Waals surface area contributed by atoms with Gasteiger partial charge in [0, 0.05) is 44.4 Å². The van der Waals surface area contributed by atoms with E-state index in [1.54, 1.807) is 0 Å². The Balaban J connectivity index is 1.35. The van der Waals surface area contributed by atoms with E-state index in [-0.39, 0.29) is 67.0 Å². The van der Waals surface area contributed by atoms with E-state index in [4.69, 9.17) is 9.63 Å². The Labute approximate surface area is 226 Å². The van der Waals surface area contributed by atoms with E-state index in [9.17, 15) is 19.5 Å². The first-order chi connectivity index (χ1) is 18.9. The molecule has 2 N–H and O–H groups in total. The van der Waals surface area contributed by atoms with Crippen molar-refractivity contribution in [3.05, 3.63) is 100 Å². The molecule has 5 rings (SSSR count). The Kier molecular flexibility index (Phi) is 7.81. The van der Waals surface area contributed by atoms with E-state index in [1.807, 2.05) is 60.7 Å². The van der Waals surface area contributed by atoms with Gasteiger partial charge in [-0.3, -0.25) is 19.4 Å². The molecule has 2 atom stereocenters. The molecule has 1 saturated carbocycles. The number of hydrogen-bond donors (Lipinski definition) is 2. The number of hydrogen-bond acceptors (Lipinski definition) is 7. The topological polar surface area (TPSA) is 130 Å². The second-order valence-corrected chi connectivity index (χ2v) is 10.1. The Hall–Kier alpha value is -4.33. The summed E-state index contributed by atoms with van der Waals surface area (Å²) in [5.74, 6) is -0.887. The van der Waals surface area contributed by atoms with Crippen LogP contribution >= 0.6 is 0 Å². The quantitative estimate of drug-likeness (QED) is 0.297. The first kappa shape index (κ1) is 26.3. The van der Waals surface area contributed by atoms with E-state index >= 15 is 0 Å². The van der Waals surface area contributed by atoms with Crippen LogP contribution in [-0.4, -0.2) is 45.2 Å². The highest BCUT2D eigenvalue weighted by Gasteiger charge is 2.34. The summed E-state index contributed by atoms with van der Waals surface area (Å²) in [4.78, 5) is 41.8. The van der Waals surface area contributed by atoms with Gasteiger partial charge in [-0.25, -0.2) is 0 Å². The summed E-state index contributed by atoms with van der Waals surface area (Å²) < 4.78 is 5.55. The van der Waals surface area contributed by atoms with Crippen LogP contribution in [0.15, 0.2) is 81.5 Å². The van der Waals surface area contributed by atoms with Crippen LogP contribution in [0.25, 0.3) is 0 Å². The van der Waals surface area contributed by atoms with E-state index in [1.165, 1.54) is 0 Å². The standard InChI is InChI=1S/C31H30N2O6/c34-25(12-11-23-31-27(36)17-22(18-28(31)39-33-23)20-9-5-2-6-10-20)30-24(32-14-13-29(37)38)15-21(16-26(30)35)19-7-3-1-4-8-19/h1-10,21-22,34H,11-18H2,(H,37,38)/b30-25-,32-24?. The number of benzene rings is 2. The summed E-state index contributed by atoms with van der Waals surface area (Å²) in [6.45, 7) is 0.0180. The average molecular weight is 527 g/mol. The minimum Gasteiger partial charge on any atom is -0.511 e. The number of carboxylic acid groups (broad SMARTS) is 1. The Morgan fingerprint density at radius 3 is 2.10 bits per heavy atom. The minimum absolute atomic E-state index is 0.0180. The number of aromatic nitrogens is 1. The molecule has 0 radical (unpaired) electrons. The minimum atomic E-state index is -0.981. The molecular weight excluding hydrogens is 496 g/mol. The van der Waals surface area contributed by atoms with Crippen LogP contribution in [0.1, 0.15) is 76.9 Å². The molecule has 1 aromatic heterocycles. The third-order valence-corrected chi connectivity index (χ3v) is 7.47. The second-order valence-electron chi connectivity index (χ2n) is 10.1. The zero-order valence-electron chi connectivity index (χ0n) is 21.5.